The molecular weight excluding hydrogens is 367 g/mol. The van der Waals surface area contributed by atoms with Crippen LogP contribution in [0.5, 0.6) is 0 Å². The number of hydrogen-bond acceptors (Lipinski definition) is 2. The highest BCUT2D eigenvalue weighted by molar-refractivity contribution is 5.94. The van der Waals surface area contributed by atoms with Crippen molar-refractivity contribution >= 4 is 11.8 Å². The molecule has 0 saturated carbocycles. The minimum absolute atomic E-state index is 0.0643. The Kier molecular flexibility index (Phi) is 7.39. The number of amides is 2. The van der Waals surface area contributed by atoms with Gasteiger partial charge in [0.05, 0.1) is 5.56 Å². The number of likely N-dealkylation sites (tertiary alicyclic amines) is 1. The van der Waals surface area contributed by atoms with E-state index in [0.29, 0.717) is 32.0 Å². The largest absolute Gasteiger partial charge is 0.352 e. The molecule has 29 heavy (non-hydrogen) atoms. The summed E-state index contributed by atoms with van der Waals surface area (Å²) in [5.74, 6) is -0.224. The van der Waals surface area contributed by atoms with E-state index in [9.17, 15) is 14.0 Å². The summed E-state index contributed by atoms with van der Waals surface area (Å²) in [6.07, 6.45) is 4.04. The van der Waals surface area contributed by atoms with Crippen molar-refractivity contribution in [1.82, 2.24) is 10.2 Å². The predicted molar refractivity (Wildman–Crippen MR) is 112 cm³/mol. The number of halogens is 1. The molecule has 3 rings (SSSR count). The maximum absolute atomic E-state index is 13.8. The second-order valence-electron chi connectivity index (χ2n) is 7.70. The minimum atomic E-state index is -0.472. The van der Waals surface area contributed by atoms with Gasteiger partial charge in [0.25, 0.3) is 5.91 Å². The fourth-order valence-electron chi connectivity index (χ4n) is 3.75. The van der Waals surface area contributed by atoms with Gasteiger partial charge >= 0.3 is 0 Å². The van der Waals surface area contributed by atoms with E-state index in [4.69, 9.17) is 0 Å². The maximum Gasteiger partial charge on any atom is 0.256 e. The first-order valence-corrected chi connectivity index (χ1v) is 10.4. The van der Waals surface area contributed by atoms with E-state index in [2.05, 4.69) is 36.5 Å². The van der Waals surface area contributed by atoms with Crippen molar-refractivity contribution in [3.63, 3.8) is 0 Å². The fourth-order valence-corrected chi connectivity index (χ4v) is 3.75. The molecule has 0 radical (unpaired) electrons. The summed E-state index contributed by atoms with van der Waals surface area (Å²) in [5.41, 5.74) is 2.53. The van der Waals surface area contributed by atoms with E-state index in [-0.39, 0.29) is 17.4 Å². The molecule has 0 spiro atoms. The maximum atomic E-state index is 13.8. The summed E-state index contributed by atoms with van der Waals surface area (Å²) in [4.78, 5) is 26.4. The van der Waals surface area contributed by atoms with Crippen molar-refractivity contribution in [1.29, 1.82) is 0 Å². The smallest absolute Gasteiger partial charge is 0.256 e. The number of carbonyl (C=O) groups excluding carboxylic acids is 2. The summed E-state index contributed by atoms with van der Waals surface area (Å²) < 4.78 is 13.8. The third kappa shape index (κ3) is 5.89. The lowest BCUT2D eigenvalue weighted by Crippen LogP contribution is -2.39. The van der Waals surface area contributed by atoms with Crippen molar-refractivity contribution in [2.75, 3.05) is 13.1 Å². The first kappa shape index (κ1) is 21.0. The molecule has 4 nitrogen and oxygen atoms in total. The normalized spacial score (nSPS) is 14.6. The SMILES string of the molecule is CCc1ccc(CNC(=O)CCC2CCN(C(=O)c3ccccc3F)CC2)cc1. The number of carbonyl (C=O) groups is 2. The topological polar surface area (TPSA) is 49.4 Å². The zero-order valence-electron chi connectivity index (χ0n) is 17.0. The number of nitrogens with zero attached hydrogens (tertiary/aromatic N) is 1. The molecule has 1 aliphatic rings. The second-order valence-corrected chi connectivity index (χ2v) is 7.70. The first-order valence-electron chi connectivity index (χ1n) is 10.4. The Balaban J connectivity index is 1.37. The van der Waals surface area contributed by atoms with Gasteiger partial charge in [0.1, 0.15) is 5.82 Å². The van der Waals surface area contributed by atoms with E-state index in [1.807, 2.05) is 0 Å². The molecule has 5 heteroatoms. The Bertz CT molecular complexity index is 827. The summed E-state index contributed by atoms with van der Waals surface area (Å²) >= 11 is 0. The Morgan fingerprint density at radius 3 is 2.34 bits per heavy atom. The lowest BCUT2D eigenvalue weighted by atomic mass is 9.91. The molecule has 2 aromatic carbocycles. The Labute approximate surface area is 172 Å². The van der Waals surface area contributed by atoms with Crippen molar-refractivity contribution in [2.24, 2.45) is 5.92 Å². The molecule has 1 saturated heterocycles. The number of piperidine rings is 1. The number of rotatable bonds is 7. The molecule has 0 atom stereocenters. The van der Waals surface area contributed by atoms with E-state index in [1.165, 1.54) is 17.7 Å². The Morgan fingerprint density at radius 2 is 1.69 bits per heavy atom. The number of benzene rings is 2. The van der Waals surface area contributed by atoms with Crippen LogP contribution >= 0.6 is 0 Å². The van der Waals surface area contributed by atoms with Crippen LogP contribution in [-0.2, 0) is 17.8 Å². The lowest BCUT2D eigenvalue weighted by molar-refractivity contribution is -0.121. The zero-order valence-corrected chi connectivity index (χ0v) is 17.0. The highest BCUT2D eigenvalue weighted by Gasteiger charge is 2.25. The van der Waals surface area contributed by atoms with Crippen molar-refractivity contribution in [3.05, 3.63) is 71.0 Å². The van der Waals surface area contributed by atoms with Crippen LogP contribution in [0.1, 0.15) is 54.1 Å². The van der Waals surface area contributed by atoms with Crippen molar-refractivity contribution in [3.8, 4) is 0 Å². The van der Waals surface area contributed by atoms with Crippen LogP contribution in [-0.4, -0.2) is 29.8 Å². The van der Waals surface area contributed by atoms with Crippen LogP contribution < -0.4 is 5.32 Å². The third-order valence-electron chi connectivity index (χ3n) is 5.71. The zero-order chi connectivity index (χ0) is 20.6. The van der Waals surface area contributed by atoms with Crippen LogP contribution in [0.4, 0.5) is 4.39 Å². The first-order chi connectivity index (χ1) is 14.1. The minimum Gasteiger partial charge on any atom is -0.352 e. The summed E-state index contributed by atoms with van der Waals surface area (Å²) in [6.45, 7) is 3.90. The fraction of sp³-hybridized carbons (Fsp3) is 0.417. The molecule has 1 N–H and O–H groups in total. The predicted octanol–water partition coefficient (Wildman–Crippen LogP) is 4.34. The molecule has 2 amide bonds. The highest BCUT2D eigenvalue weighted by atomic mass is 19.1. The molecule has 154 valence electrons. The monoisotopic (exact) mass is 396 g/mol. The van der Waals surface area contributed by atoms with E-state index in [1.54, 1.807) is 17.0 Å². The molecule has 0 bridgehead atoms. The summed E-state index contributed by atoms with van der Waals surface area (Å²) in [5, 5.41) is 2.99. The third-order valence-corrected chi connectivity index (χ3v) is 5.71. The summed E-state index contributed by atoms with van der Waals surface area (Å²) in [6, 6.07) is 14.4. The highest BCUT2D eigenvalue weighted by Crippen LogP contribution is 2.23. The van der Waals surface area contributed by atoms with Gasteiger partial charge in [0.2, 0.25) is 5.91 Å². The van der Waals surface area contributed by atoms with Crippen LogP contribution in [0.3, 0.4) is 0 Å². The molecule has 1 fully saturated rings. The van der Waals surface area contributed by atoms with Gasteiger partial charge in [-0.25, -0.2) is 4.39 Å². The van der Waals surface area contributed by atoms with Gasteiger partial charge in [-0.2, -0.15) is 0 Å². The number of nitrogens with one attached hydrogen (secondary N) is 1. The van der Waals surface area contributed by atoms with E-state index < -0.39 is 5.82 Å². The molecule has 0 aliphatic carbocycles. The Morgan fingerprint density at radius 1 is 1.03 bits per heavy atom. The quantitative estimate of drug-likeness (QED) is 0.757. The molecule has 1 aliphatic heterocycles. The van der Waals surface area contributed by atoms with Crippen LogP contribution in [0.25, 0.3) is 0 Å². The van der Waals surface area contributed by atoms with E-state index in [0.717, 1.165) is 31.2 Å². The van der Waals surface area contributed by atoms with Gasteiger partial charge < -0.3 is 10.2 Å². The van der Waals surface area contributed by atoms with Gasteiger partial charge in [-0.3, -0.25) is 9.59 Å². The van der Waals surface area contributed by atoms with Gasteiger partial charge in [-0.15, -0.1) is 0 Å². The lowest BCUT2D eigenvalue weighted by Gasteiger charge is -2.32. The second kappa shape index (κ2) is 10.2. The van der Waals surface area contributed by atoms with Gasteiger partial charge in [0.15, 0.2) is 0 Å². The van der Waals surface area contributed by atoms with Crippen molar-refractivity contribution in [2.45, 2.75) is 45.6 Å². The number of hydrogen-bond donors (Lipinski definition) is 1. The Hall–Kier alpha value is -2.69. The summed E-state index contributed by atoms with van der Waals surface area (Å²) in [7, 11) is 0. The van der Waals surface area contributed by atoms with Crippen LogP contribution in [0.2, 0.25) is 0 Å². The standard InChI is InChI=1S/C24H29FN2O2/c1-2-18-7-9-20(10-8-18)17-26-23(28)12-11-19-13-15-27(16-14-19)24(29)21-5-3-4-6-22(21)25/h3-10,19H,2,11-17H2,1H3,(H,26,28). The average molecular weight is 397 g/mol. The molecule has 1 heterocycles. The average Bonchev–Trinajstić information content (AvgIpc) is 2.77. The van der Waals surface area contributed by atoms with E-state index >= 15 is 0 Å². The van der Waals surface area contributed by atoms with Crippen LogP contribution in [0, 0.1) is 11.7 Å². The number of aryl methyl sites for hydroxylation is 1. The molecule has 0 unspecified atom stereocenters. The van der Waals surface area contributed by atoms with Gasteiger partial charge in [-0.05, 0) is 54.9 Å². The molecular formula is C24H29FN2O2. The van der Waals surface area contributed by atoms with Gasteiger partial charge in [-0.1, -0.05) is 43.3 Å². The van der Waals surface area contributed by atoms with Crippen LogP contribution in [0.15, 0.2) is 48.5 Å². The molecule has 0 aromatic heterocycles. The van der Waals surface area contributed by atoms with Gasteiger partial charge in [0, 0.05) is 26.1 Å². The molecule has 2 aromatic rings. The van der Waals surface area contributed by atoms with Crippen molar-refractivity contribution < 1.29 is 14.0 Å².